The monoisotopic (exact) mass is 288 g/mol. The first-order chi connectivity index (χ1) is 9.13. The molecule has 0 fully saturated rings. The molecule has 0 amide bonds. The smallest absolute Gasteiger partial charge is 0.213 e. The molecule has 0 spiro atoms. The van der Waals surface area contributed by atoms with Crippen LogP contribution >= 0.6 is 23.6 Å². The van der Waals surface area contributed by atoms with Crippen molar-refractivity contribution in [3.63, 3.8) is 0 Å². The second kappa shape index (κ2) is 4.71. The third kappa shape index (κ3) is 2.36. The Morgan fingerprint density at radius 3 is 2.42 bits per heavy atom. The van der Waals surface area contributed by atoms with Gasteiger partial charge in [0, 0.05) is 5.56 Å². The SMILES string of the molecule is Cc1ccc(-c2nc(C)c(-c3nc(=S)[nH][nH]3)s2)cc1. The van der Waals surface area contributed by atoms with Gasteiger partial charge in [-0.05, 0) is 26.1 Å². The first kappa shape index (κ1) is 12.3. The lowest BCUT2D eigenvalue weighted by Gasteiger charge is -1.96. The van der Waals surface area contributed by atoms with Crippen molar-refractivity contribution in [2.45, 2.75) is 13.8 Å². The highest BCUT2D eigenvalue weighted by atomic mass is 32.1. The number of benzene rings is 1. The number of nitrogens with one attached hydrogen (secondary N) is 2. The van der Waals surface area contributed by atoms with E-state index < -0.39 is 0 Å². The molecule has 6 heteroatoms. The van der Waals surface area contributed by atoms with Crippen molar-refractivity contribution < 1.29 is 0 Å². The molecule has 19 heavy (non-hydrogen) atoms. The Hall–Kier alpha value is -1.79. The zero-order valence-electron chi connectivity index (χ0n) is 10.5. The van der Waals surface area contributed by atoms with Crippen molar-refractivity contribution in [3.8, 4) is 21.3 Å². The summed E-state index contributed by atoms with van der Waals surface area (Å²) in [5.74, 6) is 0.748. The number of thiazole rings is 1. The maximum atomic E-state index is 4.98. The Morgan fingerprint density at radius 1 is 1.05 bits per heavy atom. The summed E-state index contributed by atoms with van der Waals surface area (Å²) in [7, 11) is 0. The predicted molar refractivity (Wildman–Crippen MR) is 79.8 cm³/mol. The standard InChI is InChI=1S/C13H12N4S2/c1-7-3-5-9(6-4-7)12-14-8(2)10(19-12)11-15-13(18)17-16-11/h3-6H,1-2H3,(H2,15,16,17,18). The van der Waals surface area contributed by atoms with Gasteiger partial charge in [-0.2, -0.15) is 4.98 Å². The summed E-state index contributed by atoms with van der Waals surface area (Å²) in [5.41, 5.74) is 3.33. The minimum absolute atomic E-state index is 0.458. The highest BCUT2D eigenvalue weighted by Gasteiger charge is 2.13. The van der Waals surface area contributed by atoms with E-state index in [0.29, 0.717) is 4.77 Å². The summed E-state index contributed by atoms with van der Waals surface area (Å²) in [6, 6.07) is 8.36. The van der Waals surface area contributed by atoms with Crippen LogP contribution in [-0.4, -0.2) is 20.2 Å². The molecule has 0 aliphatic carbocycles. The van der Waals surface area contributed by atoms with Gasteiger partial charge in [0.2, 0.25) is 4.77 Å². The molecule has 0 aliphatic heterocycles. The molecule has 1 aromatic carbocycles. The van der Waals surface area contributed by atoms with Crippen LogP contribution in [-0.2, 0) is 0 Å². The number of hydrogen-bond acceptors (Lipinski definition) is 4. The summed E-state index contributed by atoms with van der Waals surface area (Å²) in [4.78, 5) is 9.86. The molecule has 2 aromatic heterocycles. The highest BCUT2D eigenvalue weighted by Crippen LogP contribution is 2.33. The molecule has 0 unspecified atom stereocenters. The Balaban J connectivity index is 2.06. The second-order valence-corrected chi connectivity index (χ2v) is 5.70. The number of aromatic amines is 2. The van der Waals surface area contributed by atoms with E-state index in [1.54, 1.807) is 11.3 Å². The van der Waals surface area contributed by atoms with Gasteiger partial charge in [-0.15, -0.1) is 11.3 Å². The van der Waals surface area contributed by atoms with E-state index in [2.05, 4.69) is 51.4 Å². The van der Waals surface area contributed by atoms with Crippen molar-refractivity contribution in [1.29, 1.82) is 0 Å². The first-order valence-electron chi connectivity index (χ1n) is 5.83. The molecule has 2 N–H and O–H groups in total. The van der Waals surface area contributed by atoms with Crippen LogP contribution in [0.15, 0.2) is 24.3 Å². The van der Waals surface area contributed by atoms with E-state index in [1.807, 2.05) is 6.92 Å². The van der Waals surface area contributed by atoms with E-state index in [4.69, 9.17) is 12.2 Å². The summed E-state index contributed by atoms with van der Waals surface area (Å²) in [5, 5.41) is 6.77. The zero-order chi connectivity index (χ0) is 13.4. The molecule has 0 bridgehead atoms. The number of hydrogen-bond donors (Lipinski definition) is 2. The average molecular weight is 288 g/mol. The van der Waals surface area contributed by atoms with Gasteiger partial charge in [-0.3, -0.25) is 10.2 Å². The fraction of sp³-hybridized carbons (Fsp3) is 0.154. The Labute approximate surface area is 119 Å². The van der Waals surface area contributed by atoms with Crippen molar-refractivity contribution in [2.75, 3.05) is 0 Å². The van der Waals surface area contributed by atoms with Crippen molar-refractivity contribution in [1.82, 2.24) is 20.2 Å². The molecular weight excluding hydrogens is 276 g/mol. The molecular formula is C13H12N4S2. The number of H-pyrrole nitrogens is 2. The topological polar surface area (TPSA) is 57.4 Å². The summed E-state index contributed by atoms with van der Waals surface area (Å²) in [6.45, 7) is 4.06. The molecule has 0 saturated heterocycles. The van der Waals surface area contributed by atoms with Gasteiger partial charge < -0.3 is 0 Å². The number of aromatic nitrogens is 4. The van der Waals surface area contributed by atoms with Crippen molar-refractivity contribution in [3.05, 3.63) is 40.3 Å². The Bertz CT molecular complexity index is 765. The van der Waals surface area contributed by atoms with E-state index in [9.17, 15) is 0 Å². The van der Waals surface area contributed by atoms with E-state index >= 15 is 0 Å². The van der Waals surface area contributed by atoms with Crippen LogP contribution in [0.2, 0.25) is 0 Å². The van der Waals surface area contributed by atoms with Crippen LogP contribution in [0.3, 0.4) is 0 Å². The number of aryl methyl sites for hydroxylation is 2. The van der Waals surface area contributed by atoms with Gasteiger partial charge in [0.15, 0.2) is 5.82 Å². The molecule has 0 atom stereocenters. The molecule has 3 aromatic rings. The van der Waals surface area contributed by atoms with Crippen LogP contribution in [0.25, 0.3) is 21.3 Å². The second-order valence-electron chi connectivity index (χ2n) is 4.32. The van der Waals surface area contributed by atoms with Gasteiger partial charge in [0.25, 0.3) is 0 Å². The van der Waals surface area contributed by atoms with Gasteiger partial charge in [0.05, 0.1) is 10.6 Å². The highest BCUT2D eigenvalue weighted by molar-refractivity contribution is 7.71. The van der Waals surface area contributed by atoms with E-state index in [0.717, 1.165) is 27.0 Å². The number of nitrogens with zero attached hydrogens (tertiary/aromatic N) is 2. The summed E-state index contributed by atoms with van der Waals surface area (Å²) < 4.78 is 0.458. The summed E-state index contributed by atoms with van der Waals surface area (Å²) in [6.07, 6.45) is 0. The molecule has 2 heterocycles. The van der Waals surface area contributed by atoms with Crippen molar-refractivity contribution >= 4 is 23.6 Å². The van der Waals surface area contributed by atoms with Crippen molar-refractivity contribution in [2.24, 2.45) is 0 Å². The fourth-order valence-corrected chi connectivity index (χ4v) is 2.97. The quantitative estimate of drug-likeness (QED) is 0.704. The molecule has 0 saturated carbocycles. The van der Waals surface area contributed by atoms with Crippen LogP contribution in [0.4, 0.5) is 0 Å². The van der Waals surface area contributed by atoms with E-state index in [1.165, 1.54) is 5.56 Å². The maximum Gasteiger partial charge on any atom is 0.213 e. The Kier molecular flexibility index (Phi) is 3.04. The largest absolute Gasteiger partial charge is 0.281 e. The molecule has 96 valence electrons. The maximum absolute atomic E-state index is 4.98. The normalized spacial score (nSPS) is 10.8. The summed E-state index contributed by atoms with van der Waals surface area (Å²) >= 11 is 6.59. The van der Waals surface area contributed by atoms with Gasteiger partial charge in [-0.1, -0.05) is 29.8 Å². The predicted octanol–water partition coefficient (Wildman–Crippen LogP) is 3.87. The molecule has 0 aliphatic rings. The zero-order valence-corrected chi connectivity index (χ0v) is 12.2. The van der Waals surface area contributed by atoms with E-state index in [-0.39, 0.29) is 0 Å². The van der Waals surface area contributed by atoms with Crippen LogP contribution < -0.4 is 0 Å². The van der Waals surface area contributed by atoms with Crippen LogP contribution in [0, 0.1) is 18.6 Å². The fourth-order valence-electron chi connectivity index (χ4n) is 1.81. The van der Waals surface area contributed by atoms with Gasteiger partial charge in [-0.25, -0.2) is 4.98 Å². The average Bonchev–Trinajstić information content (AvgIpc) is 2.96. The number of rotatable bonds is 2. The van der Waals surface area contributed by atoms with Crippen LogP contribution in [0.5, 0.6) is 0 Å². The molecule has 0 radical (unpaired) electrons. The lowest BCUT2D eigenvalue weighted by atomic mass is 10.2. The minimum Gasteiger partial charge on any atom is -0.281 e. The molecule has 3 rings (SSSR count). The first-order valence-corrected chi connectivity index (χ1v) is 7.05. The lowest BCUT2D eigenvalue weighted by Crippen LogP contribution is -1.80. The third-order valence-electron chi connectivity index (χ3n) is 2.81. The lowest BCUT2D eigenvalue weighted by molar-refractivity contribution is 1.08. The Morgan fingerprint density at radius 2 is 1.79 bits per heavy atom. The molecule has 4 nitrogen and oxygen atoms in total. The van der Waals surface area contributed by atoms with Crippen LogP contribution in [0.1, 0.15) is 11.3 Å². The van der Waals surface area contributed by atoms with Gasteiger partial charge in [0.1, 0.15) is 5.01 Å². The third-order valence-corrected chi connectivity index (χ3v) is 4.22. The van der Waals surface area contributed by atoms with Gasteiger partial charge >= 0.3 is 0 Å². The minimum atomic E-state index is 0.458.